The maximum absolute atomic E-state index is 12.9. The molecule has 0 spiro atoms. The molecule has 0 bridgehead atoms. The maximum Gasteiger partial charge on any atom is 0.165 e. The predicted molar refractivity (Wildman–Crippen MR) is 126 cm³/mol. The van der Waals surface area contributed by atoms with Gasteiger partial charge in [0.15, 0.2) is 5.78 Å². The van der Waals surface area contributed by atoms with Gasteiger partial charge in [-0.1, -0.05) is 30.1 Å². The van der Waals surface area contributed by atoms with E-state index in [9.17, 15) is 4.79 Å². The van der Waals surface area contributed by atoms with E-state index >= 15 is 0 Å². The van der Waals surface area contributed by atoms with Gasteiger partial charge in [0.2, 0.25) is 0 Å². The van der Waals surface area contributed by atoms with Crippen molar-refractivity contribution in [3.05, 3.63) is 64.1 Å². The summed E-state index contributed by atoms with van der Waals surface area (Å²) in [6, 6.07) is 16.1. The fraction of sp³-hybridized carbons (Fsp3) is 0.480. The lowest BCUT2D eigenvalue weighted by Crippen LogP contribution is -2.37. The van der Waals surface area contributed by atoms with Gasteiger partial charge in [-0.25, -0.2) is 0 Å². The Morgan fingerprint density at radius 3 is 2.27 bits per heavy atom. The van der Waals surface area contributed by atoms with E-state index in [0.717, 1.165) is 49.6 Å². The summed E-state index contributed by atoms with van der Waals surface area (Å²) in [6.45, 7) is 6.46. The topological polar surface area (TPSA) is 23.6 Å². The minimum Gasteiger partial charge on any atom is -0.370 e. The highest BCUT2D eigenvalue weighted by atomic mass is 35.5. The number of hydrogen-bond acceptors (Lipinski definition) is 3. The van der Waals surface area contributed by atoms with Crippen molar-refractivity contribution in [3.63, 3.8) is 0 Å². The van der Waals surface area contributed by atoms with Crippen molar-refractivity contribution >= 4 is 34.7 Å². The molecule has 1 saturated heterocycles. The van der Waals surface area contributed by atoms with Gasteiger partial charge in [0.25, 0.3) is 0 Å². The second kappa shape index (κ2) is 9.72. The van der Waals surface area contributed by atoms with Crippen molar-refractivity contribution in [2.24, 2.45) is 11.8 Å². The summed E-state index contributed by atoms with van der Waals surface area (Å²) in [5, 5.41) is 1.46. The van der Waals surface area contributed by atoms with Crippen molar-refractivity contribution in [1.29, 1.82) is 0 Å². The van der Waals surface area contributed by atoms with Crippen LogP contribution in [-0.2, 0) is 0 Å². The first-order valence-corrected chi connectivity index (χ1v) is 11.8. The average Bonchev–Trinajstić information content (AvgIpc) is 3.12. The Kier molecular flexibility index (Phi) is 7.02. The average molecular weight is 445 g/mol. The third-order valence-electron chi connectivity index (χ3n) is 6.93. The number of rotatable bonds is 5. The van der Waals surface area contributed by atoms with E-state index in [-0.39, 0.29) is 11.7 Å². The van der Waals surface area contributed by atoms with E-state index in [2.05, 4.69) is 28.9 Å². The van der Waals surface area contributed by atoms with Crippen LogP contribution in [0.25, 0.3) is 0 Å². The molecule has 160 valence electrons. The zero-order chi connectivity index (χ0) is 21.1. The fourth-order valence-electron chi connectivity index (χ4n) is 5.08. The van der Waals surface area contributed by atoms with Crippen molar-refractivity contribution in [3.8, 4) is 0 Å². The van der Waals surface area contributed by atoms with Gasteiger partial charge in [-0.05, 0) is 80.1 Å². The second-order valence-corrected chi connectivity index (χ2v) is 9.61. The van der Waals surface area contributed by atoms with Crippen LogP contribution in [0.5, 0.6) is 0 Å². The molecule has 0 amide bonds. The van der Waals surface area contributed by atoms with Gasteiger partial charge >= 0.3 is 0 Å². The van der Waals surface area contributed by atoms with Crippen LogP contribution < -0.4 is 4.90 Å². The first-order valence-electron chi connectivity index (χ1n) is 11.1. The van der Waals surface area contributed by atoms with E-state index in [4.69, 9.17) is 23.2 Å². The number of carbonyl (C=O) groups excluding carboxylic acids is 1. The molecule has 2 aliphatic rings. The molecule has 4 rings (SSSR count). The second-order valence-electron chi connectivity index (χ2n) is 8.74. The molecule has 1 aliphatic carbocycles. The van der Waals surface area contributed by atoms with Crippen molar-refractivity contribution in [2.75, 3.05) is 31.1 Å². The summed E-state index contributed by atoms with van der Waals surface area (Å²) in [4.78, 5) is 18.1. The number of anilines is 1. The first kappa shape index (κ1) is 21.7. The number of benzene rings is 2. The van der Waals surface area contributed by atoms with E-state index in [1.54, 1.807) is 0 Å². The van der Waals surface area contributed by atoms with E-state index in [1.807, 2.05) is 36.4 Å². The SMILES string of the molecule is CC(C(=O)c1ccc(Cl)cc1)C1CCC(N2CCCN(c3ccc(Cl)cc3)CC2)C1. The van der Waals surface area contributed by atoms with E-state index < -0.39 is 0 Å². The van der Waals surface area contributed by atoms with Crippen LogP contribution >= 0.6 is 23.2 Å². The number of halogens is 2. The summed E-state index contributed by atoms with van der Waals surface area (Å²) < 4.78 is 0. The molecule has 1 saturated carbocycles. The Bertz CT molecular complexity index is 852. The zero-order valence-electron chi connectivity index (χ0n) is 17.6. The molecule has 2 fully saturated rings. The molecule has 1 heterocycles. The third kappa shape index (κ3) is 5.01. The molecule has 0 aromatic heterocycles. The number of carbonyl (C=O) groups is 1. The molecular weight excluding hydrogens is 415 g/mol. The lowest BCUT2D eigenvalue weighted by molar-refractivity contribution is 0.0883. The minimum atomic E-state index is 0.0636. The van der Waals surface area contributed by atoms with E-state index in [1.165, 1.54) is 18.5 Å². The molecule has 3 atom stereocenters. The lowest BCUT2D eigenvalue weighted by atomic mass is 9.86. The molecule has 0 radical (unpaired) electrons. The van der Waals surface area contributed by atoms with Crippen LogP contribution in [0.15, 0.2) is 48.5 Å². The molecule has 2 aromatic rings. The lowest BCUT2D eigenvalue weighted by Gasteiger charge is -2.28. The monoisotopic (exact) mass is 444 g/mol. The molecule has 0 N–H and O–H groups in total. The smallest absolute Gasteiger partial charge is 0.165 e. The third-order valence-corrected chi connectivity index (χ3v) is 7.44. The Balaban J connectivity index is 1.33. The van der Waals surface area contributed by atoms with Gasteiger partial charge in [0.05, 0.1) is 0 Å². The maximum atomic E-state index is 12.9. The standard InChI is InChI=1S/C25H30Cl2N2O/c1-18(25(30)19-3-6-21(26)7-4-19)20-5-10-24(17-20)29-14-2-13-28(15-16-29)23-11-8-22(27)9-12-23/h3-4,6-9,11-12,18,20,24H,2,5,10,13-17H2,1H3. The largest absolute Gasteiger partial charge is 0.370 e. The fourth-order valence-corrected chi connectivity index (χ4v) is 5.33. The minimum absolute atomic E-state index is 0.0636. The van der Waals surface area contributed by atoms with Gasteiger partial charge < -0.3 is 4.90 Å². The molecule has 1 aliphatic heterocycles. The van der Waals surface area contributed by atoms with Crippen LogP contribution in [0.1, 0.15) is 43.0 Å². The first-order chi connectivity index (χ1) is 14.5. The van der Waals surface area contributed by atoms with Crippen LogP contribution in [0.2, 0.25) is 10.0 Å². The van der Waals surface area contributed by atoms with Gasteiger partial charge in [-0.15, -0.1) is 0 Å². The van der Waals surface area contributed by atoms with Gasteiger partial charge in [0, 0.05) is 59.4 Å². The van der Waals surface area contributed by atoms with E-state index in [0.29, 0.717) is 17.0 Å². The Labute approximate surface area is 190 Å². The van der Waals surface area contributed by atoms with Crippen LogP contribution in [-0.4, -0.2) is 42.9 Å². The molecule has 30 heavy (non-hydrogen) atoms. The summed E-state index contributed by atoms with van der Waals surface area (Å²) in [7, 11) is 0. The van der Waals surface area contributed by atoms with Crippen LogP contribution in [0.3, 0.4) is 0 Å². The number of Topliss-reactive ketones (excluding diaryl/α,β-unsaturated/α-hetero) is 1. The predicted octanol–water partition coefficient (Wildman–Crippen LogP) is 6.19. The summed E-state index contributed by atoms with van der Waals surface area (Å²) in [5.74, 6) is 0.782. The zero-order valence-corrected chi connectivity index (χ0v) is 19.1. The Hall–Kier alpha value is -1.55. The van der Waals surface area contributed by atoms with Gasteiger partial charge in [-0.3, -0.25) is 9.69 Å². The number of ketones is 1. The molecular formula is C25H30Cl2N2O. The van der Waals surface area contributed by atoms with Gasteiger partial charge in [0.1, 0.15) is 0 Å². The van der Waals surface area contributed by atoms with Crippen LogP contribution in [0.4, 0.5) is 5.69 Å². The highest BCUT2D eigenvalue weighted by molar-refractivity contribution is 6.30. The van der Waals surface area contributed by atoms with Crippen molar-refractivity contribution in [2.45, 2.75) is 38.6 Å². The van der Waals surface area contributed by atoms with Crippen molar-refractivity contribution < 1.29 is 4.79 Å². The normalized spacial score (nSPS) is 23.9. The summed E-state index contributed by atoms with van der Waals surface area (Å²) >= 11 is 12.0. The van der Waals surface area contributed by atoms with Gasteiger partial charge in [-0.2, -0.15) is 0 Å². The quantitative estimate of drug-likeness (QED) is 0.513. The number of hydrogen-bond donors (Lipinski definition) is 0. The Morgan fingerprint density at radius 1 is 0.900 bits per heavy atom. The molecule has 2 aromatic carbocycles. The highest BCUT2D eigenvalue weighted by Gasteiger charge is 2.35. The summed E-state index contributed by atoms with van der Waals surface area (Å²) in [5.41, 5.74) is 2.04. The molecule has 3 nitrogen and oxygen atoms in total. The molecule has 5 heteroatoms. The highest BCUT2D eigenvalue weighted by Crippen LogP contribution is 2.36. The molecule has 3 unspecified atom stereocenters. The summed E-state index contributed by atoms with van der Waals surface area (Å²) in [6.07, 6.45) is 4.64. The van der Waals surface area contributed by atoms with Crippen LogP contribution in [0, 0.1) is 11.8 Å². The number of nitrogens with zero attached hydrogens (tertiary/aromatic N) is 2. The van der Waals surface area contributed by atoms with Crippen molar-refractivity contribution in [1.82, 2.24) is 4.90 Å². The Morgan fingerprint density at radius 2 is 1.57 bits per heavy atom.